The van der Waals surface area contributed by atoms with Gasteiger partial charge in [0.05, 0.1) is 18.1 Å². The van der Waals surface area contributed by atoms with Crippen LogP contribution in [-0.4, -0.2) is 58.0 Å². The maximum absolute atomic E-state index is 11.8. The molecule has 0 radical (unpaired) electrons. The summed E-state index contributed by atoms with van der Waals surface area (Å²) in [6.07, 6.45) is -0.114. The van der Waals surface area contributed by atoms with E-state index in [-0.39, 0.29) is 12.2 Å². The van der Waals surface area contributed by atoms with Gasteiger partial charge < -0.3 is 39.7 Å². The Labute approximate surface area is 174 Å². The molecule has 0 aromatic carbocycles. The van der Waals surface area contributed by atoms with Crippen LogP contribution >= 0.6 is 23.5 Å². The first-order chi connectivity index (χ1) is 14.2. The number of anilines is 1. The minimum Gasteiger partial charge on any atom is -0.390 e. The lowest BCUT2D eigenvalue weighted by molar-refractivity contribution is -0.0421. The van der Waals surface area contributed by atoms with E-state index in [1.165, 1.54) is 6.33 Å². The molecule has 0 aliphatic carbocycles. The normalized spacial score (nSPS) is 26.1. The Balaban J connectivity index is 1.67. The topological polar surface area (TPSA) is 246 Å². The molecule has 3 rings (SSSR count). The van der Waals surface area contributed by atoms with Gasteiger partial charge in [0.1, 0.15) is 30.1 Å². The van der Waals surface area contributed by atoms with Gasteiger partial charge in [0.2, 0.25) is 0 Å². The fourth-order valence-corrected chi connectivity index (χ4v) is 6.05. The van der Waals surface area contributed by atoms with Crippen molar-refractivity contribution < 1.29 is 56.3 Å². The third-order valence-corrected chi connectivity index (χ3v) is 7.96. The molecule has 1 aliphatic heterocycles. The van der Waals surface area contributed by atoms with Crippen molar-refractivity contribution in [2.75, 3.05) is 12.3 Å². The van der Waals surface area contributed by atoms with Crippen molar-refractivity contribution in [3.63, 3.8) is 0 Å². The number of phosphoric ester groups is 1. The van der Waals surface area contributed by atoms with Crippen LogP contribution in [0.5, 0.6) is 0 Å². The summed E-state index contributed by atoms with van der Waals surface area (Å²) in [4.78, 5) is 43.8. The number of aliphatic hydroxyl groups is 1. The van der Waals surface area contributed by atoms with Crippen molar-refractivity contribution >= 4 is 40.3 Å². The van der Waals surface area contributed by atoms with Crippen molar-refractivity contribution in [2.45, 2.75) is 31.8 Å². The first kappa shape index (κ1) is 24.4. The van der Waals surface area contributed by atoms with Crippen molar-refractivity contribution in [2.24, 2.45) is 0 Å². The summed E-state index contributed by atoms with van der Waals surface area (Å²) in [5, 5.41) is 10.8. The van der Waals surface area contributed by atoms with Crippen LogP contribution in [0.2, 0.25) is 0 Å². The molecule has 31 heavy (non-hydrogen) atoms. The third kappa shape index (κ3) is 5.96. The highest BCUT2D eigenvalue weighted by molar-refractivity contribution is 7.66. The minimum absolute atomic E-state index is 0.0392. The number of fused-ring (bicyclic) bond motifs is 1. The van der Waals surface area contributed by atoms with Crippen LogP contribution in [0.1, 0.15) is 18.2 Å². The molecule has 0 saturated carbocycles. The Morgan fingerprint density at radius 2 is 1.87 bits per heavy atom. The number of rotatable bonds is 8. The van der Waals surface area contributed by atoms with Crippen LogP contribution in [-0.2, 0) is 31.6 Å². The molecular weight excluding hydrogens is 485 g/mol. The van der Waals surface area contributed by atoms with Gasteiger partial charge in [-0.2, -0.15) is 8.62 Å². The van der Waals surface area contributed by atoms with Crippen LogP contribution in [0, 0.1) is 6.92 Å². The fraction of sp³-hybridized carbons (Fsp3) is 0.500. The van der Waals surface area contributed by atoms with Gasteiger partial charge in [-0.15, -0.1) is 0 Å². The molecule has 0 bridgehead atoms. The van der Waals surface area contributed by atoms with E-state index in [9.17, 15) is 23.7 Å². The summed E-state index contributed by atoms with van der Waals surface area (Å²) in [5.41, 5.74) is 7.05. The van der Waals surface area contributed by atoms with Crippen LogP contribution in [0.25, 0.3) is 11.0 Å². The molecule has 3 heterocycles. The van der Waals surface area contributed by atoms with Crippen molar-refractivity contribution in [1.29, 1.82) is 0 Å². The molecule has 19 heteroatoms. The molecule has 1 fully saturated rings. The summed E-state index contributed by atoms with van der Waals surface area (Å²) >= 11 is 0. The minimum atomic E-state index is -5.64. The van der Waals surface area contributed by atoms with E-state index < -0.39 is 48.5 Å². The molecule has 0 spiro atoms. The predicted molar refractivity (Wildman–Crippen MR) is 101 cm³/mol. The third-order valence-electron chi connectivity index (χ3n) is 4.16. The Hall–Kier alpha value is -1.25. The molecule has 2 aromatic heterocycles. The Kier molecular flexibility index (Phi) is 6.76. The van der Waals surface area contributed by atoms with E-state index in [1.807, 2.05) is 0 Å². The standard InChI is InChI=1S/C12H19N4O12P3/c1-6-3-16(12-10(6)11(13)14-5-15-12)9-2-7(17)8(26-9)4-25-30(21,22)28-31(23,24)27-29(18,19)20/h3,5,7-9,17H,2,4H2,1H3,(H,21,22)(H,23,24)(H2,13,14,15)(H2,18,19,20)/t7-,8-,9-/m1/s1. The van der Waals surface area contributed by atoms with Gasteiger partial charge in [-0.05, 0) is 12.5 Å². The maximum Gasteiger partial charge on any atom is 0.490 e. The number of nitrogens with two attached hydrogens (primary N) is 1. The van der Waals surface area contributed by atoms with Crippen molar-refractivity contribution in [3.05, 3.63) is 18.1 Å². The van der Waals surface area contributed by atoms with Gasteiger partial charge in [-0.25, -0.2) is 23.7 Å². The lowest BCUT2D eigenvalue weighted by atomic mass is 10.2. The van der Waals surface area contributed by atoms with Gasteiger partial charge in [0, 0.05) is 12.6 Å². The van der Waals surface area contributed by atoms with Gasteiger partial charge in [0.15, 0.2) is 0 Å². The molecular formula is C12H19N4O12P3. The summed E-state index contributed by atoms with van der Waals surface area (Å²) in [6, 6.07) is 0. The largest absolute Gasteiger partial charge is 0.490 e. The second kappa shape index (κ2) is 8.60. The molecule has 1 aliphatic rings. The molecule has 174 valence electrons. The smallest absolute Gasteiger partial charge is 0.390 e. The number of nitrogens with zero attached hydrogens (tertiary/aromatic N) is 3. The summed E-state index contributed by atoms with van der Waals surface area (Å²) in [5.74, 6) is 0.254. The van der Waals surface area contributed by atoms with Gasteiger partial charge in [0.25, 0.3) is 0 Å². The number of aliphatic hydroxyl groups excluding tert-OH is 1. The van der Waals surface area contributed by atoms with Crippen molar-refractivity contribution in [1.82, 2.24) is 14.5 Å². The zero-order valence-corrected chi connectivity index (χ0v) is 18.3. The van der Waals surface area contributed by atoms with E-state index >= 15 is 0 Å². The summed E-state index contributed by atoms with van der Waals surface area (Å²) in [6.45, 7) is 1.01. The van der Waals surface area contributed by atoms with Gasteiger partial charge in [-0.3, -0.25) is 4.52 Å². The van der Waals surface area contributed by atoms with E-state index in [4.69, 9.17) is 25.2 Å². The van der Waals surface area contributed by atoms with Gasteiger partial charge in [-0.1, -0.05) is 0 Å². The second-order valence-corrected chi connectivity index (χ2v) is 10.9. The fourth-order valence-electron chi connectivity index (χ4n) is 3.02. The molecule has 7 N–H and O–H groups in total. The molecule has 1 saturated heterocycles. The number of hydrogen-bond acceptors (Lipinski definition) is 11. The molecule has 2 unspecified atom stereocenters. The van der Waals surface area contributed by atoms with Gasteiger partial charge >= 0.3 is 23.5 Å². The lowest BCUT2D eigenvalue weighted by Crippen LogP contribution is -2.26. The molecule has 16 nitrogen and oxygen atoms in total. The zero-order valence-electron chi connectivity index (χ0n) is 15.7. The highest BCUT2D eigenvalue weighted by atomic mass is 31.3. The number of aromatic nitrogens is 3. The number of nitrogen functional groups attached to an aromatic ring is 1. The Bertz CT molecular complexity index is 1120. The number of ether oxygens (including phenoxy) is 1. The quantitative estimate of drug-likeness (QED) is 0.265. The lowest BCUT2D eigenvalue weighted by Gasteiger charge is -2.19. The molecule has 5 atom stereocenters. The molecule has 2 aromatic rings. The SMILES string of the molecule is Cc1cn([C@H]2C[C@@H](O)[C@@H](COP(=O)(O)OP(=O)(O)OP(=O)(O)O)O2)c2ncnc(N)c12. The Morgan fingerprint density at radius 1 is 1.19 bits per heavy atom. The number of phosphoric acid groups is 3. The van der Waals surface area contributed by atoms with Crippen molar-refractivity contribution in [3.8, 4) is 0 Å². The summed E-state index contributed by atoms with van der Waals surface area (Å²) < 4.78 is 52.8. The van der Waals surface area contributed by atoms with E-state index in [2.05, 4.69) is 23.1 Å². The van der Waals surface area contributed by atoms with E-state index in [0.717, 1.165) is 5.56 Å². The Morgan fingerprint density at radius 3 is 2.52 bits per heavy atom. The highest BCUT2D eigenvalue weighted by Crippen LogP contribution is 2.66. The number of hydrogen-bond donors (Lipinski definition) is 6. The average Bonchev–Trinajstić information content (AvgIpc) is 3.11. The molecule has 0 amide bonds. The maximum atomic E-state index is 11.8. The van der Waals surface area contributed by atoms with Crippen LogP contribution in [0.4, 0.5) is 5.82 Å². The zero-order chi connectivity index (χ0) is 23.2. The monoisotopic (exact) mass is 504 g/mol. The van der Waals surface area contributed by atoms with Crippen LogP contribution in [0.3, 0.4) is 0 Å². The number of aryl methyl sites for hydroxylation is 1. The van der Waals surface area contributed by atoms with E-state index in [0.29, 0.717) is 11.0 Å². The van der Waals surface area contributed by atoms with Crippen LogP contribution < -0.4 is 5.73 Å². The first-order valence-corrected chi connectivity index (χ1v) is 12.9. The average molecular weight is 504 g/mol. The second-order valence-electron chi connectivity index (χ2n) is 6.50. The van der Waals surface area contributed by atoms with E-state index in [1.54, 1.807) is 17.7 Å². The summed E-state index contributed by atoms with van der Waals surface area (Å²) in [7, 11) is -16.5. The van der Waals surface area contributed by atoms with Crippen LogP contribution in [0.15, 0.2) is 12.5 Å². The highest BCUT2D eigenvalue weighted by Gasteiger charge is 2.43. The predicted octanol–water partition coefficient (Wildman–Crippen LogP) is 0.314. The first-order valence-electron chi connectivity index (χ1n) is 8.37.